The van der Waals surface area contributed by atoms with Crippen molar-refractivity contribution < 1.29 is 4.79 Å². The van der Waals surface area contributed by atoms with Gasteiger partial charge in [0.2, 0.25) is 5.91 Å². The van der Waals surface area contributed by atoms with Crippen LogP contribution < -0.4 is 5.32 Å². The first kappa shape index (κ1) is 15.4. The summed E-state index contributed by atoms with van der Waals surface area (Å²) in [7, 11) is 2.12. The highest BCUT2D eigenvalue weighted by Gasteiger charge is 2.24. The van der Waals surface area contributed by atoms with Gasteiger partial charge in [-0.15, -0.1) is 11.8 Å². The second-order valence-corrected chi connectivity index (χ2v) is 6.11. The molecule has 0 radical (unpaired) electrons. The van der Waals surface area contributed by atoms with E-state index in [1.54, 1.807) is 11.8 Å². The van der Waals surface area contributed by atoms with Crippen LogP contribution >= 0.6 is 11.8 Å². The van der Waals surface area contributed by atoms with E-state index in [2.05, 4.69) is 22.2 Å². The molecule has 0 aromatic heterocycles. The third kappa shape index (κ3) is 3.98. The summed E-state index contributed by atoms with van der Waals surface area (Å²) in [5, 5.41) is 3.00. The van der Waals surface area contributed by atoms with Crippen LogP contribution in [0.4, 0.5) is 5.69 Å². The van der Waals surface area contributed by atoms with Gasteiger partial charge in [-0.1, -0.05) is 0 Å². The normalized spacial score (nSPS) is 18.8. The smallest absolute Gasteiger partial charge is 0.241 e. The van der Waals surface area contributed by atoms with Gasteiger partial charge in [-0.2, -0.15) is 0 Å². The van der Waals surface area contributed by atoms with Gasteiger partial charge in [-0.3, -0.25) is 9.69 Å². The van der Waals surface area contributed by atoms with Gasteiger partial charge in [-0.25, -0.2) is 0 Å². The quantitative estimate of drug-likeness (QED) is 0.861. The first-order valence-electron chi connectivity index (χ1n) is 6.97. The summed E-state index contributed by atoms with van der Waals surface area (Å²) in [5.41, 5.74) is 0.869. The number of carbonyl (C=O) groups excluding carboxylic acids is 1. The molecule has 5 heteroatoms. The Balaban J connectivity index is 1.89. The summed E-state index contributed by atoms with van der Waals surface area (Å²) in [6.07, 6.45) is 2.04. The van der Waals surface area contributed by atoms with Gasteiger partial charge in [0, 0.05) is 36.8 Å². The lowest BCUT2D eigenvalue weighted by molar-refractivity contribution is -0.121. The minimum Gasteiger partial charge on any atom is -0.325 e. The SMILES string of the molecule is CSc1ccc(NC(=O)[C@H](C)N2CCN(C)CC2)cc1. The molecule has 1 aromatic rings. The van der Waals surface area contributed by atoms with E-state index in [9.17, 15) is 4.79 Å². The molecule has 20 heavy (non-hydrogen) atoms. The number of likely N-dealkylation sites (N-methyl/N-ethyl adjacent to an activating group) is 1. The highest BCUT2D eigenvalue weighted by Crippen LogP contribution is 2.18. The first-order chi connectivity index (χ1) is 9.60. The van der Waals surface area contributed by atoms with E-state index in [1.165, 1.54) is 4.90 Å². The molecule has 0 bridgehead atoms. The Morgan fingerprint density at radius 2 is 1.80 bits per heavy atom. The van der Waals surface area contributed by atoms with Crippen molar-refractivity contribution in [2.75, 3.05) is 44.8 Å². The number of benzene rings is 1. The molecule has 0 aliphatic carbocycles. The second-order valence-electron chi connectivity index (χ2n) is 5.23. The molecule has 2 rings (SSSR count). The summed E-state index contributed by atoms with van der Waals surface area (Å²) in [6.45, 7) is 5.95. The number of nitrogens with one attached hydrogen (secondary N) is 1. The van der Waals surface area contributed by atoms with Crippen LogP contribution in [0.2, 0.25) is 0 Å². The summed E-state index contributed by atoms with van der Waals surface area (Å²) >= 11 is 1.70. The monoisotopic (exact) mass is 293 g/mol. The summed E-state index contributed by atoms with van der Waals surface area (Å²) in [5.74, 6) is 0.0754. The predicted octanol–water partition coefficient (Wildman–Crippen LogP) is 1.98. The molecular weight excluding hydrogens is 270 g/mol. The van der Waals surface area contributed by atoms with Gasteiger partial charge >= 0.3 is 0 Å². The molecule has 1 atom stereocenters. The van der Waals surface area contributed by atoms with Crippen LogP contribution in [0.3, 0.4) is 0 Å². The maximum atomic E-state index is 12.3. The fourth-order valence-corrected chi connectivity index (χ4v) is 2.70. The van der Waals surface area contributed by atoms with Crippen LogP contribution in [0, 0.1) is 0 Å². The Morgan fingerprint density at radius 3 is 2.35 bits per heavy atom. The Morgan fingerprint density at radius 1 is 1.20 bits per heavy atom. The standard InChI is InChI=1S/C15H23N3OS/c1-12(18-10-8-17(2)9-11-18)15(19)16-13-4-6-14(20-3)7-5-13/h4-7,12H,8-11H2,1-3H3,(H,16,19)/t12-/m0/s1. The third-order valence-corrected chi connectivity index (χ3v) is 4.57. The highest BCUT2D eigenvalue weighted by atomic mass is 32.2. The van der Waals surface area contributed by atoms with Crippen molar-refractivity contribution in [3.05, 3.63) is 24.3 Å². The number of hydrogen-bond acceptors (Lipinski definition) is 4. The zero-order valence-corrected chi connectivity index (χ0v) is 13.2. The van der Waals surface area contributed by atoms with E-state index in [0.29, 0.717) is 0 Å². The zero-order valence-electron chi connectivity index (χ0n) is 12.4. The fourth-order valence-electron chi connectivity index (χ4n) is 2.30. The van der Waals surface area contributed by atoms with Crippen molar-refractivity contribution in [1.82, 2.24) is 9.80 Å². The highest BCUT2D eigenvalue weighted by molar-refractivity contribution is 7.98. The minimum absolute atomic E-state index is 0.0754. The largest absolute Gasteiger partial charge is 0.325 e. The lowest BCUT2D eigenvalue weighted by atomic mass is 10.2. The van der Waals surface area contributed by atoms with Crippen LogP contribution in [0.15, 0.2) is 29.2 Å². The maximum absolute atomic E-state index is 12.3. The second kappa shape index (κ2) is 7.11. The van der Waals surface area contributed by atoms with Crippen LogP contribution in [0.5, 0.6) is 0 Å². The molecular formula is C15H23N3OS. The van der Waals surface area contributed by atoms with Crippen molar-refractivity contribution in [2.45, 2.75) is 17.9 Å². The van der Waals surface area contributed by atoms with Gasteiger partial charge < -0.3 is 10.2 Å². The van der Waals surface area contributed by atoms with Crippen molar-refractivity contribution in [2.24, 2.45) is 0 Å². The average molecular weight is 293 g/mol. The first-order valence-corrected chi connectivity index (χ1v) is 8.20. The van der Waals surface area contributed by atoms with Crippen molar-refractivity contribution >= 4 is 23.4 Å². The van der Waals surface area contributed by atoms with Crippen LogP contribution in [0.25, 0.3) is 0 Å². The van der Waals surface area contributed by atoms with E-state index in [-0.39, 0.29) is 11.9 Å². The topological polar surface area (TPSA) is 35.6 Å². The molecule has 1 heterocycles. The average Bonchev–Trinajstić information content (AvgIpc) is 2.48. The molecule has 4 nitrogen and oxygen atoms in total. The molecule has 0 saturated carbocycles. The van der Waals surface area contributed by atoms with Crippen LogP contribution in [-0.2, 0) is 4.79 Å². The number of hydrogen-bond donors (Lipinski definition) is 1. The molecule has 0 spiro atoms. The predicted molar refractivity (Wildman–Crippen MR) is 85.4 cm³/mol. The van der Waals surface area contributed by atoms with Gasteiger partial charge in [-0.05, 0) is 44.5 Å². The molecule has 1 amide bonds. The number of piperazine rings is 1. The van der Waals surface area contributed by atoms with Gasteiger partial charge in [0.1, 0.15) is 0 Å². The Bertz CT molecular complexity index is 441. The van der Waals surface area contributed by atoms with Crippen molar-refractivity contribution in [1.29, 1.82) is 0 Å². The molecule has 1 aromatic carbocycles. The third-order valence-electron chi connectivity index (χ3n) is 3.82. The number of nitrogens with zero attached hydrogens (tertiary/aromatic N) is 2. The van der Waals surface area contributed by atoms with Crippen LogP contribution in [0.1, 0.15) is 6.92 Å². The van der Waals surface area contributed by atoms with Gasteiger partial charge in [0.15, 0.2) is 0 Å². The Labute approximate surface area is 125 Å². The van der Waals surface area contributed by atoms with Gasteiger partial charge in [0.05, 0.1) is 6.04 Å². The summed E-state index contributed by atoms with van der Waals surface area (Å²) < 4.78 is 0. The fraction of sp³-hybridized carbons (Fsp3) is 0.533. The summed E-state index contributed by atoms with van der Waals surface area (Å²) in [6, 6.07) is 7.89. The number of anilines is 1. The van der Waals surface area contributed by atoms with Crippen molar-refractivity contribution in [3.63, 3.8) is 0 Å². The van der Waals surface area contributed by atoms with Crippen molar-refractivity contribution in [3.8, 4) is 0 Å². The van der Waals surface area contributed by atoms with E-state index in [0.717, 1.165) is 31.9 Å². The minimum atomic E-state index is -0.0797. The lowest BCUT2D eigenvalue weighted by Crippen LogP contribution is -2.51. The molecule has 1 N–H and O–H groups in total. The number of carbonyl (C=O) groups is 1. The molecule has 1 saturated heterocycles. The Hall–Kier alpha value is -1.04. The molecule has 1 aliphatic heterocycles. The zero-order chi connectivity index (χ0) is 14.5. The maximum Gasteiger partial charge on any atom is 0.241 e. The number of rotatable bonds is 4. The van der Waals surface area contributed by atoms with E-state index < -0.39 is 0 Å². The van der Waals surface area contributed by atoms with E-state index >= 15 is 0 Å². The molecule has 110 valence electrons. The number of amides is 1. The summed E-state index contributed by atoms with van der Waals surface area (Å²) in [4.78, 5) is 18.0. The van der Waals surface area contributed by atoms with Gasteiger partial charge in [0.25, 0.3) is 0 Å². The molecule has 0 unspecified atom stereocenters. The molecule has 1 aliphatic rings. The Kier molecular flexibility index (Phi) is 5.46. The van der Waals surface area contributed by atoms with Crippen LogP contribution in [-0.4, -0.2) is 61.2 Å². The van der Waals surface area contributed by atoms with E-state index in [1.807, 2.05) is 37.4 Å². The number of thioether (sulfide) groups is 1. The lowest BCUT2D eigenvalue weighted by Gasteiger charge is -2.35. The van der Waals surface area contributed by atoms with E-state index in [4.69, 9.17) is 0 Å². The molecule has 1 fully saturated rings.